The van der Waals surface area contributed by atoms with Crippen molar-refractivity contribution in [2.75, 3.05) is 20.8 Å². The Morgan fingerprint density at radius 1 is 0.927 bits per heavy atom. The first-order valence-corrected chi connectivity index (χ1v) is 25.7. The summed E-state index contributed by atoms with van der Waals surface area (Å²) in [5.41, 5.74) is -1.13. The van der Waals surface area contributed by atoms with Gasteiger partial charge in [0.1, 0.15) is 0 Å². The van der Waals surface area contributed by atoms with Crippen LogP contribution in [-0.2, 0) is 32.3 Å². The number of hydrogen-bond donors (Lipinski definition) is 0. The van der Waals surface area contributed by atoms with Gasteiger partial charge in [0.05, 0.1) is 31.2 Å². The normalized spacial score (nSPS) is 40.6. The number of hydrogen-bond acceptors (Lipinski definition) is 7. The van der Waals surface area contributed by atoms with Gasteiger partial charge in [-0.3, -0.25) is 9.59 Å². The SMILES string of the molecule is C=C1C[C@]23C[C@@]1(O[Si](C)(C)C)CC[C@H]2[C@]1(CO[Si](C)(C)C)C[C@H](O[Si](C)(C)C)C[C@@](C)(C(=O)OC)[C@H]1[C@@H]3C(=O)OC. The third-order valence-electron chi connectivity index (χ3n) is 10.4. The fourth-order valence-electron chi connectivity index (χ4n) is 9.87. The second-order valence-corrected chi connectivity index (χ2v) is 30.2. The Morgan fingerprint density at radius 2 is 1.56 bits per heavy atom. The van der Waals surface area contributed by atoms with Gasteiger partial charge in [-0.2, -0.15) is 0 Å². The van der Waals surface area contributed by atoms with Crippen LogP contribution in [0.2, 0.25) is 58.9 Å². The Hall–Kier alpha value is -0.789. The summed E-state index contributed by atoms with van der Waals surface area (Å²) in [5, 5.41) is 0. The second kappa shape index (κ2) is 10.4. The summed E-state index contributed by atoms with van der Waals surface area (Å²) in [6.45, 7) is 27.1. The molecule has 4 aliphatic rings. The summed E-state index contributed by atoms with van der Waals surface area (Å²) in [4.78, 5) is 28.1. The van der Waals surface area contributed by atoms with Crippen LogP contribution in [-0.4, -0.2) is 69.4 Å². The summed E-state index contributed by atoms with van der Waals surface area (Å²) in [6, 6.07) is 0. The molecule has 0 N–H and O–H groups in total. The van der Waals surface area contributed by atoms with Crippen molar-refractivity contribution >= 4 is 36.9 Å². The van der Waals surface area contributed by atoms with Crippen LogP contribution in [0.4, 0.5) is 0 Å². The van der Waals surface area contributed by atoms with Gasteiger partial charge in [-0.1, -0.05) is 6.58 Å². The van der Waals surface area contributed by atoms with E-state index >= 15 is 0 Å². The standard InChI is InChI=1S/C31H56O7Si3/c1-21-16-29-19-31(21,38-41(11,12)13)15-14-23(29)30(20-36-39(5,6)7)18-22(37-40(8,9)10)17-28(2,27(33)35-4)25(30)24(29)26(32)34-3/h22-25H,1,14-20H2,2-13H3/t22-,23-,24-,25-,28-,29+,30-,31+/m1/s1. The molecule has 0 radical (unpaired) electrons. The van der Waals surface area contributed by atoms with Crippen LogP contribution in [0.15, 0.2) is 12.2 Å². The molecule has 0 aromatic rings. The van der Waals surface area contributed by atoms with E-state index < -0.39 is 52.7 Å². The summed E-state index contributed by atoms with van der Waals surface area (Å²) >= 11 is 0. The molecule has 0 aliphatic heterocycles. The first-order valence-electron chi connectivity index (χ1n) is 15.4. The largest absolute Gasteiger partial charge is 0.469 e. The van der Waals surface area contributed by atoms with Gasteiger partial charge in [0, 0.05) is 18.1 Å². The Kier molecular flexibility index (Phi) is 8.40. The van der Waals surface area contributed by atoms with Gasteiger partial charge in [0.2, 0.25) is 0 Å². The molecule has 0 saturated heterocycles. The number of fused-ring (bicyclic) bond motifs is 3. The molecule has 0 heterocycles. The molecule has 234 valence electrons. The highest BCUT2D eigenvalue weighted by Crippen LogP contribution is 2.79. The van der Waals surface area contributed by atoms with Crippen LogP contribution in [0, 0.1) is 34.0 Å². The van der Waals surface area contributed by atoms with Gasteiger partial charge >= 0.3 is 11.9 Å². The lowest BCUT2D eigenvalue weighted by Gasteiger charge is -2.56. The molecule has 41 heavy (non-hydrogen) atoms. The average molecular weight is 625 g/mol. The van der Waals surface area contributed by atoms with E-state index in [-0.39, 0.29) is 29.9 Å². The third-order valence-corrected chi connectivity index (χ3v) is 13.5. The van der Waals surface area contributed by atoms with E-state index in [1.807, 2.05) is 6.92 Å². The minimum Gasteiger partial charge on any atom is -0.469 e. The molecular weight excluding hydrogens is 569 g/mol. The van der Waals surface area contributed by atoms with Crippen LogP contribution in [0.3, 0.4) is 0 Å². The number of ether oxygens (including phenoxy) is 2. The molecule has 0 aromatic carbocycles. The van der Waals surface area contributed by atoms with Crippen molar-refractivity contribution in [1.29, 1.82) is 0 Å². The zero-order valence-corrected chi connectivity index (χ0v) is 30.8. The number of carbonyl (C=O) groups excluding carboxylic acids is 2. The fourth-order valence-corrected chi connectivity index (χ4v) is 13.2. The monoisotopic (exact) mass is 624 g/mol. The molecule has 2 bridgehead atoms. The van der Waals surface area contributed by atoms with E-state index in [2.05, 4.69) is 65.5 Å². The van der Waals surface area contributed by atoms with Gasteiger partial charge < -0.3 is 22.8 Å². The third kappa shape index (κ3) is 5.63. The topological polar surface area (TPSA) is 80.3 Å². The maximum absolute atomic E-state index is 14.2. The molecule has 1 spiro atoms. The first-order chi connectivity index (χ1) is 18.6. The zero-order chi connectivity index (χ0) is 31.0. The molecule has 0 aromatic heterocycles. The molecule has 8 atom stereocenters. The van der Waals surface area contributed by atoms with Gasteiger partial charge in [0.15, 0.2) is 25.0 Å². The van der Waals surface area contributed by atoms with E-state index in [0.717, 1.165) is 31.3 Å². The predicted octanol–water partition coefficient (Wildman–Crippen LogP) is 6.77. The minimum atomic E-state index is -1.96. The van der Waals surface area contributed by atoms with Gasteiger partial charge in [0.25, 0.3) is 0 Å². The van der Waals surface area contributed by atoms with Crippen molar-refractivity contribution < 1.29 is 32.3 Å². The second-order valence-electron chi connectivity index (χ2n) is 16.8. The van der Waals surface area contributed by atoms with Crippen molar-refractivity contribution in [3.8, 4) is 0 Å². The van der Waals surface area contributed by atoms with E-state index in [4.69, 9.17) is 22.8 Å². The first kappa shape index (κ1) is 33.1. The molecule has 0 unspecified atom stereocenters. The molecule has 4 rings (SSSR count). The number of methoxy groups -OCH3 is 2. The van der Waals surface area contributed by atoms with Crippen LogP contribution >= 0.6 is 0 Å². The molecule has 4 aliphatic carbocycles. The summed E-state index contributed by atoms with van der Waals surface area (Å²) in [7, 11) is -2.89. The van der Waals surface area contributed by atoms with E-state index in [0.29, 0.717) is 19.4 Å². The van der Waals surface area contributed by atoms with E-state index in [1.54, 1.807) is 0 Å². The molecule has 4 fully saturated rings. The number of rotatable bonds is 9. The maximum atomic E-state index is 14.2. The lowest BCUT2D eigenvalue weighted by molar-refractivity contribution is -0.180. The zero-order valence-electron chi connectivity index (χ0n) is 27.8. The van der Waals surface area contributed by atoms with Gasteiger partial charge in [-0.25, -0.2) is 0 Å². The lowest BCUT2D eigenvalue weighted by atomic mass is 9.52. The molecule has 4 saturated carbocycles. The summed E-state index contributed by atoms with van der Waals surface area (Å²) < 4.78 is 31.9. The quantitative estimate of drug-likeness (QED) is 0.159. The van der Waals surface area contributed by atoms with Crippen LogP contribution in [0.25, 0.3) is 0 Å². The maximum Gasteiger partial charge on any atom is 0.311 e. The highest BCUT2D eigenvalue weighted by Gasteiger charge is 2.79. The van der Waals surface area contributed by atoms with Crippen LogP contribution in [0.1, 0.15) is 45.4 Å². The van der Waals surface area contributed by atoms with Gasteiger partial charge in [-0.15, -0.1) is 0 Å². The summed E-state index contributed by atoms with van der Waals surface area (Å²) in [6.07, 6.45) is 4.42. The Bertz CT molecular complexity index is 1080. The number of esters is 2. The lowest BCUT2D eigenvalue weighted by Crippen LogP contribution is -2.59. The van der Waals surface area contributed by atoms with Crippen LogP contribution in [0.5, 0.6) is 0 Å². The van der Waals surface area contributed by atoms with Gasteiger partial charge in [-0.05, 0) is 127 Å². The van der Waals surface area contributed by atoms with E-state index in [9.17, 15) is 9.59 Å². The number of carbonyl (C=O) groups is 2. The Labute approximate surface area is 251 Å². The highest BCUT2D eigenvalue weighted by atomic mass is 28.4. The van der Waals surface area contributed by atoms with E-state index in [1.165, 1.54) is 14.2 Å². The smallest absolute Gasteiger partial charge is 0.311 e. The van der Waals surface area contributed by atoms with Crippen molar-refractivity contribution in [3.63, 3.8) is 0 Å². The molecule has 10 heteroatoms. The fraction of sp³-hybridized carbons (Fsp3) is 0.871. The molecule has 0 amide bonds. The minimum absolute atomic E-state index is 0.116. The van der Waals surface area contributed by atoms with Crippen LogP contribution < -0.4 is 0 Å². The Morgan fingerprint density at radius 3 is 2.07 bits per heavy atom. The summed E-state index contributed by atoms with van der Waals surface area (Å²) in [5.74, 6) is -1.13. The molecular formula is C31H56O7Si3. The van der Waals surface area contributed by atoms with Crippen molar-refractivity contribution in [2.24, 2.45) is 34.0 Å². The van der Waals surface area contributed by atoms with Crippen molar-refractivity contribution in [2.45, 2.75) is 116 Å². The molecule has 7 nitrogen and oxygen atoms in total. The average Bonchev–Trinajstić information content (AvgIpc) is 3.17. The Balaban J connectivity index is 1.98. The predicted molar refractivity (Wildman–Crippen MR) is 169 cm³/mol. The van der Waals surface area contributed by atoms with Crippen molar-refractivity contribution in [1.82, 2.24) is 0 Å². The highest BCUT2D eigenvalue weighted by molar-refractivity contribution is 6.70. The van der Waals surface area contributed by atoms with Crippen molar-refractivity contribution in [3.05, 3.63) is 12.2 Å².